The number of nitrogens with one attached hydrogen (secondary N) is 2. The Bertz CT molecular complexity index is 1540. The molecule has 0 aliphatic rings. The van der Waals surface area contributed by atoms with Crippen molar-refractivity contribution < 1.29 is 22.3 Å². The lowest BCUT2D eigenvalue weighted by Crippen LogP contribution is -2.19. The molecule has 11 heteroatoms. The number of hydrogen-bond acceptors (Lipinski definition) is 4. The molecule has 0 radical (unpaired) electrons. The van der Waals surface area contributed by atoms with Crippen molar-refractivity contribution in [2.24, 2.45) is 0 Å². The number of allylic oxidation sites excluding steroid dienone is 1. The van der Waals surface area contributed by atoms with E-state index in [0.717, 1.165) is 5.52 Å². The minimum Gasteiger partial charge on any atom is -0.482 e. The van der Waals surface area contributed by atoms with E-state index in [9.17, 15) is 13.2 Å². The van der Waals surface area contributed by atoms with Crippen LogP contribution in [-0.4, -0.2) is 22.4 Å². The van der Waals surface area contributed by atoms with Crippen LogP contribution in [-0.2, 0) is 6.54 Å². The van der Waals surface area contributed by atoms with Crippen LogP contribution >= 0.6 is 23.2 Å². The summed E-state index contributed by atoms with van der Waals surface area (Å²) in [6, 6.07) is 14.2. The topological polar surface area (TPSA) is 51.1 Å². The van der Waals surface area contributed by atoms with Gasteiger partial charge in [-0.2, -0.15) is 13.2 Å². The highest BCUT2D eigenvalue weighted by molar-refractivity contribution is 6.36. The van der Waals surface area contributed by atoms with Crippen molar-refractivity contribution in [3.63, 3.8) is 0 Å². The number of rotatable bonds is 9. The number of para-hydroxylation sites is 2. The summed E-state index contributed by atoms with van der Waals surface area (Å²) in [4.78, 5) is 4.54. The van der Waals surface area contributed by atoms with Crippen LogP contribution in [0.3, 0.4) is 0 Å². The van der Waals surface area contributed by atoms with Crippen LogP contribution in [0.2, 0.25) is 10.0 Å². The summed E-state index contributed by atoms with van der Waals surface area (Å²) in [7, 11) is 0. The molecule has 0 bridgehead atoms. The Labute approximate surface area is 226 Å². The van der Waals surface area contributed by atoms with Gasteiger partial charge in [-0.05, 0) is 35.9 Å². The third kappa shape index (κ3) is 6.33. The number of imidazole rings is 1. The van der Waals surface area contributed by atoms with Crippen molar-refractivity contribution in [2.75, 3.05) is 17.3 Å². The number of nitrogens with zero attached hydrogens (tertiary/aromatic N) is 2. The Kier molecular flexibility index (Phi) is 8.05. The van der Waals surface area contributed by atoms with E-state index in [-0.39, 0.29) is 39.0 Å². The quantitative estimate of drug-likeness (QED) is 0.161. The summed E-state index contributed by atoms with van der Waals surface area (Å²) in [5, 5.41) is 3.13. The molecule has 3 aromatic carbocycles. The van der Waals surface area contributed by atoms with Crippen LogP contribution in [0.5, 0.6) is 5.75 Å². The summed E-state index contributed by atoms with van der Waals surface area (Å²) >= 11 is 12.1. The molecule has 0 aliphatic heterocycles. The highest BCUT2D eigenvalue weighted by Crippen LogP contribution is 2.40. The number of hydrogen-bond donors (Lipinski definition) is 2. The van der Waals surface area contributed by atoms with Gasteiger partial charge in [0.15, 0.2) is 6.61 Å². The molecular weight excluding hydrogens is 543 g/mol. The normalized spacial score (nSPS) is 11.3. The first kappa shape index (κ1) is 27.2. The van der Waals surface area contributed by atoms with Crippen molar-refractivity contribution in [2.45, 2.75) is 19.1 Å². The molecular formula is C27H20Cl2F4N4O. The maximum absolute atomic E-state index is 15.2. The fourth-order valence-electron chi connectivity index (χ4n) is 3.69. The van der Waals surface area contributed by atoms with E-state index in [1.807, 2.05) is 24.3 Å². The standard InChI is InChI=1S/C27H20Cl2F4N4O/c1-3-6-16(2)36-37-24-8-5-4-7-23(24)35-26(37)34-14-18-10-9-17(11-22(18)30)20-12-19(28)13-21(29)25(20)38-15-27(31,32)33/h1,4-5,7-13,36H,2,6,14-15H2,(H,34,35). The number of fused-ring (bicyclic) bond motifs is 1. The van der Waals surface area contributed by atoms with E-state index >= 15 is 4.39 Å². The first-order chi connectivity index (χ1) is 18.1. The van der Waals surface area contributed by atoms with E-state index in [1.165, 1.54) is 24.3 Å². The molecule has 2 N–H and O–H groups in total. The molecule has 0 saturated carbocycles. The number of alkyl halides is 3. The van der Waals surface area contributed by atoms with Gasteiger partial charge >= 0.3 is 6.18 Å². The molecule has 4 rings (SSSR count). The van der Waals surface area contributed by atoms with Crippen molar-refractivity contribution in [1.82, 2.24) is 9.66 Å². The van der Waals surface area contributed by atoms with E-state index in [0.29, 0.717) is 23.6 Å². The first-order valence-electron chi connectivity index (χ1n) is 11.1. The van der Waals surface area contributed by atoms with Crippen molar-refractivity contribution >= 4 is 40.2 Å². The van der Waals surface area contributed by atoms with E-state index in [4.69, 9.17) is 34.4 Å². The monoisotopic (exact) mass is 562 g/mol. The van der Waals surface area contributed by atoms with Gasteiger partial charge in [-0.3, -0.25) is 5.43 Å². The number of anilines is 1. The number of halogens is 6. The highest BCUT2D eigenvalue weighted by atomic mass is 35.5. The minimum atomic E-state index is -4.58. The van der Waals surface area contributed by atoms with Crippen LogP contribution in [0.25, 0.3) is 22.2 Å². The van der Waals surface area contributed by atoms with Crippen molar-refractivity contribution in [3.05, 3.63) is 88.3 Å². The predicted molar refractivity (Wildman–Crippen MR) is 142 cm³/mol. The Morgan fingerprint density at radius 2 is 1.89 bits per heavy atom. The lowest BCUT2D eigenvalue weighted by molar-refractivity contribution is -0.153. The molecule has 38 heavy (non-hydrogen) atoms. The third-order valence-corrected chi connectivity index (χ3v) is 5.83. The van der Waals surface area contributed by atoms with E-state index in [1.54, 1.807) is 10.7 Å². The number of benzene rings is 3. The van der Waals surface area contributed by atoms with Gasteiger partial charge in [-0.25, -0.2) is 14.1 Å². The van der Waals surface area contributed by atoms with Crippen molar-refractivity contribution in [1.29, 1.82) is 0 Å². The van der Waals surface area contributed by atoms with Crippen LogP contribution in [0, 0.1) is 18.2 Å². The predicted octanol–water partition coefficient (Wildman–Crippen LogP) is 7.78. The summed E-state index contributed by atoms with van der Waals surface area (Å²) in [6.45, 7) is 2.39. The van der Waals surface area contributed by atoms with Gasteiger partial charge in [0.1, 0.15) is 11.6 Å². The minimum absolute atomic E-state index is 0.0481. The molecule has 1 aromatic heterocycles. The average Bonchev–Trinajstić information content (AvgIpc) is 3.19. The second-order valence-electron chi connectivity index (χ2n) is 8.18. The molecule has 5 nitrogen and oxygen atoms in total. The average molecular weight is 563 g/mol. The van der Waals surface area contributed by atoms with Crippen LogP contribution in [0.4, 0.5) is 23.5 Å². The summed E-state index contributed by atoms with van der Waals surface area (Å²) in [5.74, 6) is 2.06. The summed E-state index contributed by atoms with van der Waals surface area (Å²) < 4.78 is 60.0. The zero-order valence-corrected chi connectivity index (χ0v) is 21.2. The molecule has 1 heterocycles. The number of aromatic nitrogens is 2. The highest BCUT2D eigenvalue weighted by Gasteiger charge is 2.29. The SMILES string of the molecule is C#CCC(=C)Nn1c(NCc2ccc(-c3cc(Cl)cc(Cl)c3OCC(F)(F)F)cc2F)nc2ccccc21. The number of terminal acetylenes is 1. The second-order valence-corrected chi connectivity index (χ2v) is 9.03. The molecule has 0 atom stereocenters. The summed E-state index contributed by atoms with van der Waals surface area (Å²) in [6.07, 6.45) is 1.08. The van der Waals surface area contributed by atoms with Crippen LogP contribution in [0.1, 0.15) is 12.0 Å². The zero-order chi connectivity index (χ0) is 27.4. The molecule has 0 unspecified atom stereocenters. The Morgan fingerprint density at radius 1 is 1.13 bits per heavy atom. The lowest BCUT2D eigenvalue weighted by Gasteiger charge is -2.16. The van der Waals surface area contributed by atoms with Gasteiger partial charge in [-0.15, -0.1) is 12.3 Å². The zero-order valence-electron chi connectivity index (χ0n) is 19.7. The van der Waals surface area contributed by atoms with Crippen LogP contribution in [0.15, 0.2) is 66.9 Å². The Morgan fingerprint density at radius 3 is 2.61 bits per heavy atom. The third-order valence-electron chi connectivity index (χ3n) is 5.34. The molecule has 0 amide bonds. The molecule has 0 aliphatic carbocycles. The second kappa shape index (κ2) is 11.3. The Balaban J connectivity index is 1.60. The fourth-order valence-corrected chi connectivity index (χ4v) is 4.23. The molecule has 4 aromatic rings. The maximum atomic E-state index is 15.2. The van der Waals surface area contributed by atoms with Gasteiger partial charge in [0.05, 0.1) is 16.1 Å². The Hall–Kier alpha value is -3.87. The number of ether oxygens (including phenoxy) is 1. The molecule has 0 fully saturated rings. The van der Waals surface area contributed by atoms with E-state index in [2.05, 4.69) is 28.2 Å². The van der Waals surface area contributed by atoms with Crippen molar-refractivity contribution in [3.8, 4) is 29.2 Å². The molecule has 0 saturated heterocycles. The van der Waals surface area contributed by atoms with Gasteiger partial charge in [0.2, 0.25) is 5.95 Å². The summed E-state index contributed by atoms with van der Waals surface area (Å²) in [5.41, 5.74) is 5.76. The van der Waals surface area contributed by atoms with Gasteiger partial charge < -0.3 is 10.1 Å². The largest absolute Gasteiger partial charge is 0.482 e. The smallest absolute Gasteiger partial charge is 0.422 e. The maximum Gasteiger partial charge on any atom is 0.422 e. The fraction of sp³-hybridized carbons (Fsp3) is 0.148. The molecule has 196 valence electrons. The van der Waals surface area contributed by atoms with E-state index < -0.39 is 18.6 Å². The lowest BCUT2D eigenvalue weighted by atomic mass is 10.0. The van der Waals surface area contributed by atoms with Gasteiger partial charge in [0, 0.05) is 34.8 Å². The molecule has 0 spiro atoms. The first-order valence-corrected chi connectivity index (χ1v) is 11.9. The van der Waals surface area contributed by atoms with Crippen LogP contribution < -0.4 is 15.5 Å². The van der Waals surface area contributed by atoms with Gasteiger partial charge in [0.25, 0.3) is 0 Å². The van der Waals surface area contributed by atoms with Gasteiger partial charge in [-0.1, -0.05) is 54.0 Å².